The second-order valence-electron chi connectivity index (χ2n) is 5.83. The normalized spacial score (nSPS) is 11.2. The summed E-state index contributed by atoms with van der Waals surface area (Å²) < 4.78 is 1.52. The summed E-state index contributed by atoms with van der Waals surface area (Å²) in [6, 6.07) is 7.71. The Morgan fingerprint density at radius 3 is 2.50 bits per heavy atom. The topological polar surface area (TPSA) is 59.8 Å². The van der Waals surface area contributed by atoms with Gasteiger partial charge in [-0.1, -0.05) is 49.2 Å². The molecule has 0 atom stereocenters. The number of nitrogens with one attached hydrogen (secondary N) is 1. The maximum absolute atomic E-state index is 12.5. The van der Waals surface area contributed by atoms with Gasteiger partial charge in [-0.05, 0) is 23.6 Å². The van der Waals surface area contributed by atoms with Gasteiger partial charge in [0.1, 0.15) is 0 Å². The molecule has 0 aliphatic carbocycles. The highest BCUT2D eigenvalue weighted by molar-refractivity contribution is 6.43. The number of carbonyl (C=O) groups excluding carboxylic acids is 1. The van der Waals surface area contributed by atoms with Gasteiger partial charge in [-0.25, -0.2) is 9.67 Å². The van der Waals surface area contributed by atoms with E-state index in [1.54, 1.807) is 7.05 Å². The van der Waals surface area contributed by atoms with Crippen molar-refractivity contribution in [1.29, 1.82) is 0 Å². The largest absolute Gasteiger partial charge is 0.322 e. The Labute approximate surface area is 149 Å². The van der Waals surface area contributed by atoms with E-state index in [1.807, 2.05) is 24.3 Å². The Hall–Kier alpha value is -2.11. The van der Waals surface area contributed by atoms with E-state index >= 15 is 0 Å². The number of pyridine rings is 1. The molecule has 124 valence electrons. The summed E-state index contributed by atoms with van der Waals surface area (Å²) in [5.41, 5.74) is 2.68. The van der Waals surface area contributed by atoms with Gasteiger partial charge >= 0.3 is 0 Å². The molecule has 3 aromatic rings. The molecule has 0 unspecified atom stereocenters. The Bertz CT molecular complexity index is 916. The lowest BCUT2D eigenvalue weighted by atomic mass is 10.0. The van der Waals surface area contributed by atoms with E-state index in [-0.39, 0.29) is 21.6 Å². The predicted molar refractivity (Wildman–Crippen MR) is 97.0 cm³/mol. The molecule has 5 nitrogen and oxygen atoms in total. The molecule has 1 aromatic carbocycles. The predicted octanol–water partition coefficient (Wildman–Crippen LogP) is 4.65. The van der Waals surface area contributed by atoms with Crippen LogP contribution in [-0.2, 0) is 7.05 Å². The Kier molecular flexibility index (Phi) is 4.47. The van der Waals surface area contributed by atoms with Gasteiger partial charge in [0.05, 0.1) is 16.0 Å². The Morgan fingerprint density at radius 2 is 1.88 bits per heavy atom. The number of nitrogens with zero attached hydrogens (tertiary/aromatic N) is 3. The minimum absolute atomic E-state index is 0.223. The van der Waals surface area contributed by atoms with Crippen molar-refractivity contribution in [2.24, 2.45) is 7.05 Å². The number of anilines is 1. The van der Waals surface area contributed by atoms with Crippen molar-refractivity contribution < 1.29 is 4.79 Å². The number of carbonyl (C=O) groups is 1. The number of aromatic nitrogens is 3. The summed E-state index contributed by atoms with van der Waals surface area (Å²) in [6.07, 6.45) is 1.43. The summed E-state index contributed by atoms with van der Waals surface area (Å²) in [5.74, 6) is 0.0927. The van der Waals surface area contributed by atoms with E-state index in [9.17, 15) is 4.79 Å². The first-order valence-corrected chi connectivity index (χ1v) is 8.22. The van der Waals surface area contributed by atoms with E-state index in [0.717, 1.165) is 0 Å². The van der Waals surface area contributed by atoms with Gasteiger partial charge in [0, 0.05) is 18.9 Å². The van der Waals surface area contributed by atoms with Gasteiger partial charge in [0.2, 0.25) is 0 Å². The molecule has 0 aliphatic heterocycles. The fourth-order valence-corrected chi connectivity index (χ4v) is 3.09. The van der Waals surface area contributed by atoms with Gasteiger partial charge in [0.15, 0.2) is 10.8 Å². The maximum atomic E-state index is 12.5. The molecule has 0 bridgehead atoms. The molecule has 1 N–H and O–H groups in total. The summed E-state index contributed by atoms with van der Waals surface area (Å²) in [7, 11) is 1.72. The summed E-state index contributed by atoms with van der Waals surface area (Å²) >= 11 is 12.4. The van der Waals surface area contributed by atoms with Crippen molar-refractivity contribution in [3.63, 3.8) is 0 Å². The van der Waals surface area contributed by atoms with Gasteiger partial charge < -0.3 is 5.32 Å². The summed E-state index contributed by atoms with van der Waals surface area (Å²) in [6.45, 7) is 4.23. The lowest BCUT2D eigenvalue weighted by Gasteiger charge is -2.09. The fraction of sp³-hybridized carbons (Fsp3) is 0.235. The number of hydrogen-bond donors (Lipinski definition) is 1. The number of hydrogen-bond acceptors (Lipinski definition) is 3. The third-order valence-corrected chi connectivity index (χ3v) is 4.48. The highest BCUT2D eigenvalue weighted by Crippen LogP contribution is 2.31. The Balaban J connectivity index is 1.91. The fourth-order valence-electron chi connectivity index (χ4n) is 2.45. The zero-order chi connectivity index (χ0) is 17.4. The van der Waals surface area contributed by atoms with Crippen molar-refractivity contribution in [2.75, 3.05) is 5.32 Å². The van der Waals surface area contributed by atoms with Crippen molar-refractivity contribution in [1.82, 2.24) is 14.8 Å². The SMILES string of the molecule is CC(C)c1ccc(NC(=O)c2cnc3c(c(Cl)nn3C)c2Cl)cc1. The van der Waals surface area contributed by atoms with Gasteiger partial charge in [0.25, 0.3) is 5.91 Å². The standard InChI is InChI=1S/C17H16Cl2N4O/c1-9(2)10-4-6-11(7-5-10)21-17(24)12-8-20-16-13(14(12)18)15(19)22-23(16)3/h4-9H,1-3H3,(H,21,24). The number of aryl methyl sites for hydroxylation is 1. The van der Waals surface area contributed by atoms with Crippen LogP contribution < -0.4 is 5.32 Å². The van der Waals surface area contributed by atoms with E-state index < -0.39 is 0 Å². The average Bonchev–Trinajstić information content (AvgIpc) is 2.83. The van der Waals surface area contributed by atoms with E-state index in [0.29, 0.717) is 22.6 Å². The number of halogens is 2. The second-order valence-corrected chi connectivity index (χ2v) is 6.57. The van der Waals surface area contributed by atoms with Crippen LogP contribution in [0.3, 0.4) is 0 Å². The first kappa shape index (κ1) is 16.7. The molecule has 0 radical (unpaired) electrons. The smallest absolute Gasteiger partial charge is 0.258 e. The van der Waals surface area contributed by atoms with Crippen LogP contribution in [0.1, 0.15) is 35.7 Å². The third kappa shape index (κ3) is 2.97. The number of benzene rings is 1. The maximum Gasteiger partial charge on any atom is 0.258 e. The van der Waals surface area contributed by atoms with E-state index in [1.165, 1.54) is 16.4 Å². The molecule has 0 saturated heterocycles. The van der Waals surface area contributed by atoms with Crippen LogP contribution in [0.2, 0.25) is 10.2 Å². The zero-order valence-corrected chi connectivity index (χ0v) is 15.0. The zero-order valence-electron chi connectivity index (χ0n) is 13.5. The van der Waals surface area contributed by atoms with Crippen LogP contribution in [0.5, 0.6) is 0 Å². The number of amides is 1. The van der Waals surface area contributed by atoms with Crippen LogP contribution in [-0.4, -0.2) is 20.7 Å². The lowest BCUT2D eigenvalue weighted by Crippen LogP contribution is -2.13. The second kappa shape index (κ2) is 6.42. The van der Waals surface area contributed by atoms with Crippen molar-refractivity contribution >= 4 is 45.8 Å². The highest BCUT2D eigenvalue weighted by atomic mass is 35.5. The van der Waals surface area contributed by atoms with Crippen LogP contribution in [0.15, 0.2) is 30.5 Å². The molecular weight excluding hydrogens is 347 g/mol. The monoisotopic (exact) mass is 362 g/mol. The Morgan fingerprint density at radius 1 is 1.21 bits per heavy atom. The molecule has 24 heavy (non-hydrogen) atoms. The molecular formula is C17H16Cl2N4O. The highest BCUT2D eigenvalue weighted by Gasteiger charge is 2.19. The van der Waals surface area contributed by atoms with Gasteiger partial charge in [-0.2, -0.15) is 5.10 Å². The van der Waals surface area contributed by atoms with E-state index in [4.69, 9.17) is 23.2 Å². The van der Waals surface area contributed by atoms with Crippen LogP contribution >= 0.6 is 23.2 Å². The molecule has 2 aromatic heterocycles. The van der Waals surface area contributed by atoms with Crippen molar-refractivity contribution in [3.8, 4) is 0 Å². The number of rotatable bonds is 3. The molecule has 1 amide bonds. The minimum Gasteiger partial charge on any atom is -0.322 e. The van der Waals surface area contributed by atoms with E-state index in [2.05, 4.69) is 29.2 Å². The average molecular weight is 363 g/mol. The summed E-state index contributed by atoms with van der Waals surface area (Å²) in [4.78, 5) is 16.7. The van der Waals surface area contributed by atoms with Crippen LogP contribution in [0, 0.1) is 0 Å². The van der Waals surface area contributed by atoms with Crippen molar-refractivity contribution in [3.05, 3.63) is 51.8 Å². The molecule has 0 fully saturated rings. The van der Waals surface area contributed by atoms with Gasteiger partial charge in [-0.15, -0.1) is 0 Å². The summed E-state index contributed by atoms with van der Waals surface area (Å²) in [5, 5.41) is 7.83. The molecule has 0 aliphatic rings. The van der Waals surface area contributed by atoms with Crippen LogP contribution in [0.25, 0.3) is 11.0 Å². The van der Waals surface area contributed by atoms with Gasteiger partial charge in [-0.3, -0.25) is 4.79 Å². The first-order valence-electron chi connectivity index (χ1n) is 7.46. The quantitative estimate of drug-likeness (QED) is 0.737. The molecule has 0 spiro atoms. The first-order chi connectivity index (χ1) is 11.4. The molecule has 2 heterocycles. The van der Waals surface area contributed by atoms with Crippen LogP contribution in [0.4, 0.5) is 5.69 Å². The van der Waals surface area contributed by atoms with Crippen molar-refractivity contribution in [2.45, 2.75) is 19.8 Å². The molecule has 0 saturated carbocycles. The molecule has 7 heteroatoms. The minimum atomic E-state index is -0.341. The number of fused-ring (bicyclic) bond motifs is 1. The lowest BCUT2D eigenvalue weighted by molar-refractivity contribution is 0.102. The third-order valence-electron chi connectivity index (χ3n) is 3.83. The molecule has 3 rings (SSSR count).